The van der Waals surface area contributed by atoms with E-state index >= 15 is 0 Å². The first-order valence-electron chi connectivity index (χ1n) is 5.76. The summed E-state index contributed by atoms with van der Waals surface area (Å²) in [5, 5.41) is 11.7. The molecular weight excluding hydrogens is 204 g/mol. The summed E-state index contributed by atoms with van der Waals surface area (Å²) in [6, 6.07) is 2.13. The molecule has 90 valence electrons. The zero-order chi connectivity index (χ0) is 12.0. The molecule has 1 fully saturated rings. The number of carbonyl (C=O) groups is 1. The van der Waals surface area contributed by atoms with E-state index in [1.165, 1.54) is 0 Å². The lowest BCUT2D eigenvalue weighted by Crippen LogP contribution is -2.40. The number of likely N-dealkylation sites (tertiary alicyclic amines) is 1. The predicted octanol–water partition coefficient (Wildman–Crippen LogP) is -0.315. The van der Waals surface area contributed by atoms with E-state index in [9.17, 15) is 4.79 Å². The molecular formula is C11H20N4O. The van der Waals surface area contributed by atoms with Crippen molar-refractivity contribution in [1.82, 2.24) is 10.2 Å². The van der Waals surface area contributed by atoms with Gasteiger partial charge in [0.1, 0.15) is 0 Å². The number of piperidine rings is 1. The van der Waals surface area contributed by atoms with Crippen molar-refractivity contribution in [2.75, 3.05) is 26.7 Å². The molecule has 5 heteroatoms. The molecule has 0 aliphatic carbocycles. The van der Waals surface area contributed by atoms with Crippen LogP contribution in [-0.4, -0.2) is 43.5 Å². The number of hydrogen-bond acceptors (Lipinski definition) is 4. The molecule has 3 N–H and O–H groups in total. The van der Waals surface area contributed by atoms with Gasteiger partial charge in [-0.3, -0.25) is 4.79 Å². The summed E-state index contributed by atoms with van der Waals surface area (Å²) in [5.41, 5.74) is 5.27. The van der Waals surface area contributed by atoms with E-state index in [0.29, 0.717) is 0 Å². The Labute approximate surface area is 96.6 Å². The number of amides is 1. The largest absolute Gasteiger partial charge is 0.369 e. The van der Waals surface area contributed by atoms with Crippen molar-refractivity contribution in [3.63, 3.8) is 0 Å². The third kappa shape index (κ3) is 3.80. The average Bonchev–Trinajstić information content (AvgIpc) is 2.31. The Kier molecular flexibility index (Phi) is 5.23. The molecule has 0 saturated carbocycles. The van der Waals surface area contributed by atoms with Crippen LogP contribution in [0.2, 0.25) is 0 Å². The van der Waals surface area contributed by atoms with Gasteiger partial charge < -0.3 is 16.0 Å². The van der Waals surface area contributed by atoms with E-state index in [0.717, 1.165) is 38.9 Å². The van der Waals surface area contributed by atoms with Gasteiger partial charge in [0, 0.05) is 12.5 Å². The number of nitriles is 1. The van der Waals surface area contributed by atoms with Gasteiger partial charge in [0.2, 0.25) is 5.91 Å². The van der Waals surface area contributed by atoms with E-state index in [4.69, 9.17) is 11.0 Å². The molecule has 1 rings (SSSR count). The zero-order valence-electron chi connectivity index (χ0n) is 9.78. The van der Waals surface area contributed by atoms with Gasteiger partial charge in [-0.2, -0.15) is 5.26 Å². The number of primary amides is 1. The second kappa shape index (κ2) is 6.46. The van der Waals surface area contributed by atoms with E-state index < -0.39 is 0 Å². The highest BCUT2D eigenvalue weighted by molar-refractivity contribution is 5.76. The summed E-state index contributed by atoms with van der Waals surface area (Å²) in [7, 11) is 1.80. The summed E-state index contributed by atoms with van der Waals surface area (Å²) in [4.78, 5) is 13.3. The molecule has 1 atom stereocenters. The summed E-state index contributed by atoms with van der Waals surface area (Å²) < 4.78 is 0. The molecule has 0 bridgehead atoms. The lowest BCUT2D eigenvalue weighted by molar-refractivity contribution is -0.123. The summed E-state index contributed by atoms with van der Waals surface area (Å²) >= 11 is 0. The Bertz CT molecular complexity index is 266. The second-order valence-electron chi connectivity index (χ2n) is 4.28. The maximum Gasteiger partial charge on any atom is 0.220 e. The fourth-order valence-corrected chi connectivity index (χ4v) is 2.03. The van der Waals surface area contributed by atoms with Gasteiger partial charge in [-0.15, -0.1) is 0 Å². The summed E-state index contributed by atoms with van der Waals surface area (Å²) in [6.45, 7) is 2.73. The smallest absolute Gasteiger partial charge is 0.220 e. The van der Waals surface area contributed by atoms with E-state index in [1.807, 2.05) is 0 Å². The van der Waals surface area contributed by atoms with Crippen molar-refractivity contribution in [3.8, 4) is 6.07 Å². The minimum absolute atomic E-state index is 0.0484. The third-order valence-corrected chi connectivity index (χ3v) is 3.23. The fraction of sp³-hybridized carbons (Fsp3) is 0.818. The van der Waals surface area contributed by atoms with E-state index in [2.05, 4.69) is 16.3 Å². The third-order valence-electron chi connectivity index (χ3n) is 3.23. The number of carbonyl (C=O) groups excluding carboxylic acids is 1. The van der Waals surface area contributed by atoms with E-state index in [-0.39, 0.29) is 17.9 Å². The summed E-state index contributed by atoms with van der Waals surface area (Å²) in [5.74, 6) is -0.128. The Morgan fingerprint density at radius 2 is 2.25 bits per heavy atom. The standard InChI is InChI=1S/C11H20N4O/c1-14-10(8-12)4-7-15-5-2-9(3-6-15)11(13)16/h9-10,14H,2-7H2,1H3,(H2,13,16). The minimum atomic E-state index is -0.176. The number of nitrogens with two attached hydrogens (primary N) is 1. The zero-order valence-corrected chi connectivity index (χ0v) is 9.78. The van der Waals surface area contributed by atoms with Crippen LogP contribution < -0.4 is 11.1 Å². The highest BCUT2D eigenvalue weighted by Gasteiger charge is 2.23. The lowest BCUT2D eigenvalue weighted by Gasteiger charge is -2.30. The van der Waals surface area contributed by atoms with Gasteiger partial charge >= 0.3 is 0 Å². The van der Waals surface area contributed by atoms with Crippen LogP contribution in [0.3, 0.4) is 0 Å². The van der Waals surface area contributed by atoms with Crippen molar-refractivity contribution < 1.29 is 4.79 Å². The molecule has 1 aliphatic rings. The number of nitrogens with one attached hydrogen (secondary N) is 1. The van der Waals surface area contributed by atoms with Crippen molar-refractivity contribution >= 4 is 5.91 Å². The summed E-state index contributed by atoms with van der Waals surface area (Å²) in [6.07, 6.45) is 2.53. The normalized spacial score (nSPS) is 20.2. The minimum Gasteiger partial charge on any atom is -0.369 e. The first kappa shape index (κ1) is 12.9. The van der Waals surface area contributed by atoms with E-state index in [1.54, 1.807) is 7.05 Å². The van der Waals surface area contributed by atoms with Gasteiger partial charge in [-0.25, -0.2) is 0 Å². The Hall–Kier alpha value is -1.12. The molecule has 0 aromatic carbocycles. The molecule has 0 aromatic heterocycles. The van der Waals surface area contributed by atoms with Crippen LogP contribution in [0.1, 0.15) is 19.3 Å². The Morgan fingerprint density at radius 1 is 1.62 bits per heavy atom. The van der Waals surface area contributed by atoms with Crippen molar-refractivity contribution in [1.29, 1.82) is 5.26 Å². The van der Waals surface area contributed by atoms with Crippen LogP contribution in [-0.2, 0) is 4.79 Å². The maximum absolute atomic E-state index is 11.0. The molecule has 1 unspecified atom stereocenters. The molecule has 5 nitrogen and oxygen atoms in total. The second-order valence-corrected chi connectivity index (χ2v) is 4.28. The van der Waals surface area contributed by atoms with Gasteiger partial charge in [-0.1, -0.05) is 0 Å². The first-order chi connectivity index (χ1) is 7.67. The van der Waals surface area contributed by atoms with Crippen LogP contribution in [0.4, 0.5) is 0 Å². The monoisotopic (exact) mass is 224 g/mol. The van der Waals surface area contributed by atoms with Crippen LogP contribution >= 0.6 is 0 Å². The predicted molar refractivity (Wildman–Crippen MR) is 61.4 cm³/mol. The quantitative estimate of drug-likeness (QED) is 0.671. The fourth-order valence-electron chi connectivity index (χ4n) is 2.03. The first-order valence-corrected chi connectivity index (χ1v) is 5.76. The molecule has 1 saturated heterocycles. The van der Waals surface area contributed by atoms with Gasteiger partial charge in [0.15, 0.2) is 0 Å². The lowest BCUT2D eigenvalue weighted by atomic mass is 9.96. The highest BCUT2D eigenvalue weighted by Crippen LogP contribution is 2.16. The van der Waals surface area contributed by atoms with Crippen LogP contribution in [0.5, 0.6) is 0 Å². The average molecular weight is 224 g/mol. The number of nitrogens with zero attached hydrogens (tertiary/aromatic N) is 2. The molecule has 0 radical (unpaired) electrons. The topological polar surface area (TPSA) is 82.2 Å². The van der Waals surface area contributed by atoms with Gasteiger partial charge in [0.25, 0.3) is 0 Å². The van der Waals surface area contributed by atoms with Crippen molar-refractivity contribution in [3.05, 3.63) is 0 Å². The Morgan fingerprint density at radius 3 is 2.69 bits per heavy atom. The SMILES string of the molecule is CNC(C#N)CCN1CCC(C(N)=O)CC1. The van der Waals surface area contributed by atoms with Crippen LogP contribution in [0.25, 0.3) is 0 Å². The molecule has 1 aliphatic heterocycles. The molecule has 0 aromatic rings. The number of hydrogen-bond donors (Lipinski definition) is 2. The molecule has 1 amide bonds. The number of rotatable bonds is 5. The van der Waals surface area contributed by atoms with Crippen LogP contribution in [0.15, 0.2) is 0 Å². The highest BCUT2D eigenvalue weighted by atomic mass is 16.1. The maximum atomic E-state index is 11.0. The molecule has 0 spiro atoms. The van der Waals surface area contributed by atoms with Crippen molar-refractivity contribution in [2.45, 2.75) is 25.3 Å². The van der Waals surface area contributed by atoms with Crippen molar-refractivity contribution in [2.24, 2.45) is 11.7 Å². The van der Waals surface area contributed by atoms with Gasteiger partial charge in [0.05, 0.1) is 12.1 Å². The van der Waals surface area contributed by atoms with Crippen LogP contribution in [0, 0.1) is 17.2 Å². The molecule has 16 heavy (non-hydrogen) atoms. The van der Waals surface area contributed by atoms with Gasteiger partial charge in [-0.05, 0) is 39.4 Å². The Balaban J connectivity index is 2.22. The molecule has 1 heterocycles.